The minimum absolute atomic E-state index is 0.132. The number of hydrogen-bond acceptors (Lipinski definition) is 3. The fourth-order valence-electron chi connectivity index (χ4n) is 1.57. The molecule has 0 radical (unpaired) electrons. The topological polar surface area (TPSA) is 73.0 Å². The lowest BCUT2D eigenvalue weighted by Crippen LogP contribution is -2.19. The van der Waals surface area contributed by atoms with E-state index in [1.807, 2.05) is 0 Å². The van der Waals surface area contributed by atoms with Crippen molar-refractivity contribution in [3.8, 4) is 0 Å². The molecule has 1 aromatic heterocycles. The molecule has 5 heteroatoms. The molecule has 0 amide bonds. The minimum atomic E-state index is -0.132. The van der Waals surface area contributed by atoms with Gasteiger partial charge in [-0.15, -0.1) is 0 Å². The molecule has 0 aliphatic heterocycles. The van der Waals surface area contributed by atoms with E-state index in [1.54, 1.807) is 29.9 Å². The maximum absolute atomic E-state index is 11.6. The first kappa shape index (κ1) is 9.79. The summed E-state index contributed by atoms with van der Waals surface area (Å²) in [5.41, 5.74) is 7.80. The molecule has 0 atom stereocenters. The van der Waals surface area contributed by atoms with Crippen LogP contribution in [0.2, 0.25) is 0 Å². The molecule has 0 bridgehead atoms. The first-order chi connectivity index (χ1) is 7.22. The van der Waals surface area contributed by atoms with Crippen LogP contribution >= 0.6 is 0 Å². The number of anilines is 1. The summed E-state index contributed by atoms with van der Waals surface area (Å²) in [6.07, 6.45) is 0. The minimum Gasteiger partial charge on any atom is -0.399 e. The van der Waals surface area contributed by atoms with Crippen molar-refractivity contribution in [1.82, 2.24) is 9.55 Å². The van der Waals surface area contributed by atoms with Crippen molar-refractivity contribution in [2.75, 3.05) is 19.5 Å². The maximum Gasteiger partial charge on any atom is 0.326 e. The van der Waals surface area contributed by atoms with Crippen molar-refractivity contribution in [1.29, 1.82) is 0 Å². The summed E-state index contributed by atoms with van der Waals surface area (Å²) in [6, 6.07) is 5.34. The molecule has 1 heterocycles. The highest BCUT2D eigenvalue weighted by atomic mass is 16.5. The second-order valence-corrected chi connectivity index (χ2v) is 3.35. The van der Waals surface area contributed by atoms with E-state index in [0.717, 1.165) is 11.0 Å². The number of aromatic nitrogens is 2. The molecule has 0 spiro atoms. The third-order valence-corrected chi connectivity index (χ3v) is 2.32. The van der Waals surface area contributed by atoms with Crippen molar-refractivity contribution in [2.24, 2.45) is 0 Å². The number of nitrogens with two attached hydrogens (primary N) is 1. The van der Waals surface area contributed by atoms with Gasteiger partial charge < -0.3 is 15.5 Å². The number of H-pyrrole nitrogens is 1. The number of benzene rings is 1. The van der Waals surface area contributed by atoms with Crippen LogP contribution < -0.4 is 11.4 Å². The Morgan fingerprint density at radius 1 is 1.53 bits per heavy atom. The largest absolute Gasteiger partial charge is 0.399 e. The number of rotatable bonds is 3. The summed E-state index contributed by atoms with van der Waals surface area (Å²) in [6.45, 7) is 1.03. The van der Waals surface area contributed by atoms with E-state index in [1.165, 1.54) is 0 Å². The van der Waals surface area contributed by atoms with Gasteiger partial charge in [0.25, 0.3) is 0 Å². The van der Waals surface area contributed by atoms with Crippen LogP contribution in [0.1, 0.15) is 0 Å². The summed E-state index contributed by atoms with van der Waals surface area (Å²) in [5.74, 6) is 0. The fraction of sp³-hybridized carbons (Fsp3) is 0.300. The summed E-state index contributed by atoms with van der Waals surface area (Å²) in [4.78, 5) is 14.3. The Labute approximate surface area is 86.5 Å². The molecule has 0 aliphatic rings. The molecular weight excluding hydrogens is 194 g/mol. The van der Waals surface area contributed by atoms with Gasteiger partial charge in [-0.25, -0.2) is 4.79 Å². The average Bonchev–Trinajstić information content (AvgIpc) is 2.51. The Morgan fingerprint density at radius 2 is 2.33 bits per heavy atom. The van der Waals surface area contributed by atoms with Gasteiger partial charge in [0.1, 0.15) is 0 Å². The van der Waals surface area contributed by atoms with Gasteiger partial charge in [-0.05, 0) is 18.2 Å². The number of aromatic amines is 1. The number of nitrogens with zero attached hydrogens (tertiary/aromatic N) is 1. The molecule has 0 unspecified atom stereocenters. The van der Waals surface area contributed by atoms with Gasteiger partial charge in [-0.2, -0.15) is 0 Å². The number of ether oxygens (including phenoxy) is 1. The molecule has 0 aliphatic carbocycles. The van der Waals surface area contributed by atoms with Crippen LogP contribution in [0.25, 0.3) is 11.0 Å². The van der Waals surface area contributed by atoms with Crippen LogP contribution in [-0.2, 0) is 11.3 Å². The smallest absolute Gasteiger partial charge is 0.326 e. The summed E-state index contributed by atoms with van der Waals surface area (Å²) in [5, 5.41) is 0. The third-order valence-electron chi connectivity index (χ3n) is 2.32. The Bertz CT molecular complexity index is 527. The molecule has 0 saturated heterocycles. The summed E-state index contributed by atoms with van der Waals surface area (Å²) >= 11 is 0. The average molecular weight is 207 g/mol. The van der Waals surface area contributed by atoms with Gasteiger partial charge in [-0.3, -0.25) is 4.57 Å². The van der Waals surface area contributed by atoms with Crippen LogP contribution in [0.15, 0.2) is 23.0 Å². The summed E-state index contributed by atoms with van der Waals surface area (Å²) in [7, 11) is 1.61. The normalized spacial score (nSPS) is 11.0. The lowest BCUT2D eigenvalue weighted by atomic mass is 10.3. The second kappa shape index (κ2) is 3.78. The van der Waals surface area contributed by atoms with Gasteiger partial charge in [0.15, 0.2) is 0 Å². The Kier molecular flexibility index (Phi) is 2.47. The monoisotopic (exact) mass is 207 g/mol. The number of nitrogen functional groups attached to an aromatic ring is 1. The Morgan fingerprint density at radius 3 is 3.07 bits per heavy atom. The molecular formula is C10H13N3O2. The number of fused-ring (bicyclic) bond motifs is 1. The molecule has 3 N–H and O–H groups in total. The zero-order valence-corrected chi connectivity index (χ0v) is 8.49. The standard InChI is InChI=1S/C10H13N3O2/c1-15-5-4-13-9-6-7(11)2-3-8(9)12-10(13)14/h2-3,6H,4-5,11H2,1H3,(H,12,14). The van der Waals surface area contributed by atoms with Crippen LogP contribution in [0.4, 0.5) is 5.69 Å². The van der Waals surface area contributed by atoms with Gasteiger partial charge in [0.05, 0.1) is 24.2 Å². The van der Waals surface area contributed by atoms with E-state index in [4.69, 9.17) is 10.5 Å². The van der Waals surface area contributed by atoms with Gasteiger partial charge >= 0.3 is 5.69 Å². The maximum atomic E-state index is 11.6. The van der Waals surface area contributed by atoms with Crippen molar-refractivity contribution in [2.45, 2.75) is 6.54 Å². The van der Waals surface area contributed by atoms with Gasteiger partial charge in [0.2, 0.25) is 0 Å². The van der Waals surface area contributed by atoms with Crippen molar-refractivity contribution in [3.63, 3.8) is 0 Å². The molecule has 15 heavy (non-hydrogen) atoms. The Hall–Kier alpha value is -1.75. The van der Waals surface area contributed by atoms with Gasteiger partial charge in [-0.1, -0.05) is 0 Å². The van der Waals surface area contributed by atoms with E-state index in [9.17, 15) is 4.79 Å². The van der Waals surface area contributed by atoms with E-state index in [-0.39, 0.29) is 5.69 Å². The Balaban J connectivity index is 2.55. The highest BCUT2D eigenvalue weighted by Crippen LogP contribution is 2.13. The van der Waals surface area contributed by atoms with Crippen molar-refractivity contribution >= 4 is 16.7 Å². The van der Waals surface area contributed by atoms with Crippen LogP contribution in [0, 0.1) is 0 Å². The van der Waals surface area contributed by atoms with E-state index >= 15 is 0 Å². The quantitative estimate of drug-likeness (QED) is 0.722. The molecule has 1 aromatic carbocycles. The van der Waals surface area contributed by atoms with Gasteiger partial charge in [0, 0.05) is 12.8 Å². The SMILES string of the molecule is COCCn1c(=O)[nH]c2ccc(N)cc21. The first-order valence-electron chi connectivity index (χ1n) is 4.69. The first-order valence-corrected chi connectivity index (χ1v) is 4.69. The number of nitrogens with one attached hydrogen (secondary N) is 1. The highest BCUT2D eigenvalue weighted by molar-refractivity contribution is 5.78. The zero-order valence-electron chi connectivity index (χ0n) is 8.49. The molecule has 2 rings (SSSR count). The van der Waals surface area contributed by atoms with E-state index in [2.05, 4.69) is 4.98 Å². The number of imidazole rings is 1. The second-order valence-electron chi connectivity index (χ2n) is 3.35. The molecule has 80 valence electrons. The van der Waals surface area contributed by atoms with Crippen molar-refractivity contribution < 1.29 is 4.74 Å². The van der Waals surface area contributed by atoms with Crippen LogP contribution in [-0.4, -0.2) is 23.3 Å². The van der Waals surface area contributed by atoms with E-state index < -0.39 is 0 Å². The lowest BCUT2D eigenvalue weighted by Gasteiger charge is -2.02. The predicted octanol–water partition coefficient (Wildman–Crippen LogP) is 0.558. The van der Waals surface area contributed by atoms with E-state index in [0.29, 0.717) is 18.8 Å². The third kappa shape index (κ3) is 1.73. The molecule has 0 fully saturated rings. The number of hydrogen-bond donors (Lipinski definition) is 2. The lowest BCUT2D eigenvalue weighted by molar-refractivity contribution is 0.187. The molecule has 2 aromatic rings. The van der Waals surface area contributed by atoms with Crippen LogP contribution in [0.3, 0.4) is 0 Å². The number of methoxy groups -OCH3 is 1. The fourth-order valence-corrected chi connectivity index (χ4v) is 1.57. The zero-order chi connectivity index (χ0) is 10.8. The summed E-state index contributed by atoms with van der Waals surface area (Å²) < 4.78 is 6.56. The van der Waals surface area contributed by atoms with Crippen LogP contribution in [0.5, 0.6) is 0 Å². The highest BCUT2D eigenvalue weighted by Gasteiger charge is 2.05. The van der Waals surface area contributed by atoms with Crippen molar-refractivity contribution in [3.05, 3.63) is 28.7 Å². The predicted molar refractivity (Wildman–Crippen MR) is 58.8 cm³/mol. The molecule has 0 saturated carbocycles. The molecule has 5 nitrogen and oxygen atoms in total.